The van der Waals surface area contributed by atoms with Gasteiger partial charge in [-0.1, -0.05) is 11.8 Å². The van der Waals surface area contributed by atoms with Gasteiger partial charge in [-0.15, -0.1) is 10.2 Å². The Balaban J connectivity index is 1.46. The predicted molar refractivity (Wildman–Crippen MR) is 97.1 cm³/mol. The molecular formula is C16H19N3O5S2. The number of nitrogens with one attached hydrogen (secondary N) is 1. The Hall–Kier alpha value is -2.07. The highest BCUT2D eigenvalue weighted by Gasteiger charge is 2.29. The molecule has 1 N–H and O–H groups in total. The molecule has 3 rings (SSSR count). The molecule has 0 unspecified atom stereocenters. The summed E-state index contributed by atoms with van der Waals surface area (Å²) >= 11 is 1.14. The van der Waals surface area contributed by atoms with E-state index in [0.29, 0.717) is 35.4 Å². The van der Waals surface area contributed by atoms with Crippen molar-refractivity contribution in [3.63, 3.8) is 0 Å². The van der Waals surface area contributed by atoms with Crippen LogP contribution in [0.25, 0.3) is 0 Å². The second kappa shape index (κ2) is 8.09. The van der Waals surface area contributed by atoms with Crippen molar-refractivity contribution in [2.24, 2.45) is 5.92 Å². The maximum Gasteiger partial charge on any atom is 0.277 e. The summed E-state index contributed by atoms with van der Waals surface area (Å²) in [7, 11) is -1.34. The van der Waals surface area contributed by atoms with Gasteiger partial charge in [-0.3, -0.25) is 4.79 Å². The molecule has 0 radical (unpaired) electrons. The standard InChI is InChI=1S/C16H19N3O5S2/c1-23-13-4-2-12(3-5-13)17-14(20)9-25-16-19-18-15(24-16)8-11-6-7-26(21,22)10-11/h2-5,11H,6-10H2,1H3,(H,17,20)/t11-/m0/s1. The molecule has 1 saturated heterocycles. The zero-order valence-corrected chi connectivity index (χ0v) is 15.8. The van der Waals surface area contributed by atoms with Crippen molar-refractivity contribution in [1.29, 1.82) is 0 Å². The molecule has 10 heteroatoms. The fourth-order valence-corrected chi connectivity index (χ4v) is 5.10. The lowest BCUT2D eigenvalue weighted by atomic mass is 10.1. The average molecular weight is 397 g/mol. The lowest BCUT2D eigenvalue weighted by Crippen LogP contribution is -2.13. The molecule has 140 valence electrons. The largest absolute Gasteiger partial charge is 0.497 e. The Morgan fingerprint density at radius 3 is 2.77 bits per heavy atom. The Labute approximate surface area is 155 Å². The number of carbonyl (C=O) groups excluding carboxylic acids is 1. The Morgan fingerprint density at radius 2 is 2.12 bits per heavy atom. The van der Waals surface area contributed by atoms with Gasteiger partial charge in [0.1, 0.15) is 5.75 Å². The van der Waals surface area contributed by atoms with Crippen LogP contribution >= 0.6 is 11.8 Å². The fraction of sp³-hybridized carbons (Fsp3) is 0.438. The van der Waals surface area contributed by atoms with Crippen LogP contribution in [-0.2, 0) is 21.1 Å². The summed E-state index contributed by atoms with van der Waals surface area (Å²) in [5, 5.41) is 10.9. The third-order valence-corrected chi connectivity index (χ3v) is 6.59. The number of thioether (sulfide) groups is 1. The molecule has 1 amide bonds. The number of hydrogen-bond acceptors (Lipinski definition) is 8. The highest BCUT2D eigenvalue weighted by molar-refractivity contribution is 7.99. The normalized spacial score (nSPS) is 18.6. The van der Waals surface area contributed by atoms with E-state index in [2.05, 4.69) is 15.5 Å². The fourth-order valence-electron chi connectivity index (χ4n) is 2.66. The van der Waals surface area contributed by atoms with E-state index < -0.39 is 9.84 Å². The SMILES string of the molecule is COc1ccc(NC(=O)CSc2nnc(C[C@@H]3CCS(=O)(=O)C3)o2)cc1. The molecule has 0 bridgehead atoms. The molecule has 0 saturated carbocycles. The summed E-state index contributed by atoms with van der Waals surface area (Å²) in [6.45, 7) is 0. The van der Waals surface area contributed by atoms with E-state index in [0.717, 1.165) is 11.8 Å². The van der Waals surface area contributed by atoms with Gasteiger partial charge in [-0.25, -0.2) is 8.42 Å². The first-order valence-electron chi connectivity index (χ1n) is 8.03. The summed E-state index contributed by atoms with van der Waals surface area (Å²) in [4.78, 5) is 12.0. The van der Waals surface area contributed by atoms with Crippen molar-refractivity contribution in [3.05, 3.63) is 30.2 Å². The molecular weight excluding hydrogens is 378 g/mol. The summed E-state index contributed by atoms with van der Waals surface area (Å²) in [6, 6.07) is 7.02. The van der Waals surface area contributed by atoms with Crippen molar-refractivity contribution in [3.8, 4) is 5.75 Å². The van der Waals surface area contributed by atoms with E-state index in [4.69, 9.17) is 9.15 Å². The van der Waals surface area contributed by atoms with Crippen molar-refractivity contribution >= 4 is 33.2 Å². The maximum absolute atomic E-state index is 12.0. The van der Waals surface area contributed by atoms with Crippen LogP contribution < -0.4 is 10.1 Å². The number of rotatable bonds is 7. The van der Waals surface area contributed by atoms with Gasteiger partial charge in [-0.2, -0.15) is 0 Å². The van der Waals surface area contributed by atoms with Crippen LogP contribution in [0.15, 0.2) is 33.9 Å². The van der Waals surface area contributed by atoms with Crippen molar-refractivity contribution < 1.29 is 22.4 Å². The second-order valence-electron chi connectivity index (χ2n) is 6.00. The predicted octanol–water partition coefficient (Wildman–Crippen LogP) is 1.79. The lowest BCUT2D eigenvalue weighted by molar-refractivity contribution is -0.113. The van der Waals surface area contributed by atoms with Gasteiger partial charge in [0.15, 0.2) is 9.84 Å². The van der Waals surface area contributed by atoms with E-state index in [-0.39, 0.29) is 29.1 Å². The van der Waals surface area contributed by atoms with Gasteiger partial charge in [0.2, 0.25) is 11.8 Å². The number of amides is 1. The minimum Gasteiger partial charge on any atom is -0.497 e. The average Bonchev–Trinajstić information content (AvgIpc) is 3.20. The van der Waals surface area contributed by atoms with Crippen LogP contribution in [0.5, 0.6) is 5.75 Å². The van der Waals surface area contributed by atoms with Crippen LogP contribution in [0.2, 0.25) is 0 Å². The number of sulfone groups is 1. The van der Waals surface area contributed by atoms with Gasteiger partial charge in [0.25, 0.3) is 5.22 Å². The van der Waals surface area contributed by atoms with E-state index in [1.807, 2.05) is 0 Å². The van der Waals surface area contributed by atoms with Gasteiger partial charge in [0.05, 0.1) is 24.4 Å². The summed E-state index contributed by atoms with van der Waals surface area (Å²) in [6.07, 6.45) is 1.07. The summed E-state index contributed by atoms with van der Waals surface area (Å²) < 4.78 is 33.5. The highest BCUT2D eigenvalue weighted by Crippen LogP contribution is 2.24. The maximum atomic E-state index is 12.0. The molecule has 1 fully saturated rings. The number of carbonyl (C=O) groups is 1. The number of methoxy groups -OCH3 is 1. The number of hydrogen-bond donors (Lipinski definition) is 1. The van der Waals surface area contributed by atoms with E-state index in [9.17, 15) is 13.2 Å². The van der Waals surface area contributed by atoms with E-state index in [1.54, 1.807) is 31.4 Å². The smallest absolute Gasteiger partial charge is 0.277 e. The van der Waals surface area contributed by atoms with E-state index in [1.165, 1.54) is 0 Å². The van der Waals surface area contributed by atoms with Gasteiger partial charge in [0, 0.05) is 12.1 Å². The molecule has 1 atom stereocenters. The zero-order valence-electron chi connectivity index (χ0n) is 14.2. The molecule has 1 aromatic heterocycles. The lowest BCUT2D eigenvalue weighted by Gasteiger charge is -2.05. The molecule has 2 aromatic rings. The quantitative estimate of drug-likeness (QED) is 0.704. The first-order chi connectivity index (χ1) is 12.4. The first-order valence-corrected chi connectivity index (χ1v) is 10.8. The zero-order chi connectivity index (χ0) is 18.6. The number of aromatic nitrogens is 2. The summed E-state index contributed by atoms with van der Waals surface area (Å²) in [5.41, 5.74) is 0.671. The molecule has 26 heavy (non-hydrogen) atoms. The van der Waals surface area contributed by atoms with E-state index >= 15 is 0 Å². The number of nitrogens with zero attached hydrogens (tertiary/aromatic N) is 2. The highest BCUT2D eigenvalue weighted by atomic mass is 32.2. The number of benzene rings is 1. The molecule has 1 aliphatic heterocycles. The molecule has 1 aromatic carbocycles. The van der Waals surface area contributed by atoms with Crippen molar-refractivity contribution in [1.82, 2.24) is 10.2 Å². The number of anilines is 1. The van der Waals surface area contributed by atoms with Gasteiger partial charge < -0.3 is 14.5 Å². The van der Waals surface area contributed by atoms with Crippen LogP contribution in [0, 0.1) is 5.92 Å². The number of ether oxygens (including phenoxy) is 1. The Morgan fingerprint density at radius 1 is 1.35 bits per heavy atom. The van der Waals surface area contributed by atoms with Crippen molar-refractivity contribution in [2.75, 3.05) is 29.7 Å². The molecule has 0 aliphatic carbocycles. The topological polar surface area (TPSA) is 111 Å². The van der Waals surface area contributed by atoms with Crippen LogP contribution in [0.4, 0.5) is 5.69 Å². The monoisotopic (exact) mass is 397 g/mol. The molecule has 0 spiro atoms. The van der Waals surface area contributed by atoms with Crippen LogP contribution in [-0.4, -0.2) is 48.9 Å². The van der Waals surface area contributed by atoms with Crippen molar-refractivity contribution in [2.45, 2.75) is 18.1 Å². The molecule has 2 heterocycles. The van der Waals surface area contributed by atoms with Gasteiger partial charge in [-0.05, 0) is 36.6 Å². The third kappa shape index (κ3) is 5.21. The molecule has 8 nitrogen and oxygen atoms in total. The van der Waals surface area contributed by atoms with Crippen LogP contribution in [0.3, 0.4) is 0 Å². The minimum absolute atomic E-state index is 0.0247. The molecule has 1 aliphatic rings. The third-order valence-electron chi connectivity index (χ3n) is 3.94. The minimum atomic E-state index is -2.92. The van der Waals surface area contributed by atoms with Gasteiger partial charge >= 0.3 is 0 Å². The second-order valence-corrected chi connectivity index (χ2v) is 9.16. The summed E-state index contributed by atoms with van der Waals surface area (Å²) in [5.74, 6) is 1.47. The first kappa shape index (κ1) is 18.7. The Kier molecular flexibility index (Phi) is 5.82. The van der Waals surface area contributed by atoms with Crippen LogP contribution in [0.1, 0.15) is 12.3 Å². The Bertz CT molecular complexity index is 864.